The molecule has 6 heteroatoms. The van der Waals surface area contributed by atoms with Gasteiger partial charge in [0.25, 0.3) is 0 Å². The molecular weight excluding hydrogens is 376 g/mol. The molecular formula is C24H36N4O2. The van der Waals surface area contributed by atoms with Gasteiger partial charge in [-0.05, 0) is 31.9 Å². The number of hydrogen-bond acceptors (Lipinski definition) is 3. The van der Waals surface area contributed by atoms with Crippen LogP contribution < -0.4 is 5.32 Å². The minimum absolute atomic E-state index is 0.0310. The molecule has 2 rings (SSSR count). The van der Waals surface area contributed by atoms with Crippen molar-refractivity contribution in [2.24, 2.45) is 0 Å². The zero-order chi connectivity index (χ0) is 22.3. The van der Waals surface area contributed by atoms with Gasteiger partial charge in [0.05, 0.1) is 17.9 Å². The van der Waals surface area contributed by atoms with Crippen LogP contribution in [-0.4, -0.2) is 39.6 Å². The predicted octanol–water partition coefficient (Wildman–Crippen LogP) is 4.85. The number of nitrogens with zero attached hydrogens (tertiary/aromatic N) is 3. The van der Waals surface area contributed by atoms with E-state index in [-0.39, 0.29) is 23.8 Å². The Morgan fingerprint density at radius 3 is 2.33 bits per heavy atom. The summed E-state index contributed by atoms with van der Waals surface area (Å²) in [5.74, 6) is 0.444. The fourth-order valence-corrected chi connectivity index (χ4v) is 3.09. The average Bonchev–Trinajstić information content (AvgIpc) is 3.10. The van der Waals surface area contributed by atoms with Gasteiger partial charge in [0.2, 0.25) is 11.8 Å². The molecule has 0 unspecified atom stereocenters. The van der Waals surface area contributed by atoms with Crippen molar-refractivity contribution in [1.29, 1.82) is 0 Å². The standard InChI is InChI=1S/C24H36N4O2/c1-7-9-15-27(23(30)10-8-2)17-22(29)25-21-16-20(24(4,5)6)26-28(21)19-13-11-18(3)12-14-19/h11-14,16H,7-10,15,17H2,1-6H3,(H,25,29). The molecule has 0 fully saturated rings. The Balaban J connectivity index is 2.26. The predicted molar refractivity (Wildman–Crippen MR) is 122 cm³/mol. The number of carbonyl (C=O) groups is 2. The zero-order valence-corrected chi connectivity index (χ0v) is 19.3. The molecule has 0 aliphatic carbocycles. The van der Waals surface area contributed by atoms with Gasteiger partial charge in [0, 0.05) is 24.4 Å². The maximum absolute atomic E-state index is 12.8. The van der Waals surface area contributed by atoms with Crippen LogP contribution in [0, 0.1) is 6.92 Å². The zero-order valence-electron chi connectivity index (χ0n) is 19.3. The van der Waals surface area contributed by atoms with Gasteiger partial charge < -0.3 is 10.2 Å². The van der Waals surface area contributed by atoms with E-state index in [0.29, 0.717) is 18.8 Å². The number of unbranched alkanes of at least 4 members (excludes halogenated alkanes) is 1. The highest BCUT2D eigenvalue weighted by atomic mass is 16.2. The van der Waals surface area contributed by atoms with Crippen LogP contribution in [0.15, 0.2) is 30.3 Å². The van der Waals surface area contributed by atoms with E-state index in [0.717, 1.165) is 36.2 Å². The topological polar surface area (TPSA) is 67.2 Å². The van der Waals surface area contributed by atoms with Gasteiger partial charge in [0.1, 0.15) is 5.82 Å². The van der Waals surface area contributed by atoms with Crippen molar-refractivity contribution in [2.75, 3.05) is 18.4 Å². The summed E-state index contributed by atoms with van der Waals surface area (Å²) in [7, 11) is 0. The number of nitrogens with one attached hydrogen (secondary N) is 1. The molecule has 0 saturated carbocycles. The largest absolute Gasteiger partial charge is 0.333 e. The van der Waals surface area contributed by atoms with Crippen LogP contribution >= 0.6 is 0 Å². The molecule has 1 heterocycles. The number of carbonyl (C=O) groups excluding carboxylic acids is 2. The van der Waals surface area contributed by atoms with E-state index in [4.69, 9.17) is 5.10 Å². The van der Waals surface area contributed by atoms with Crippen LogP contribution in [0.4, 0.5) is 5.82 Å². The molecule has 0 saturated heterocycles. The summed E-state index contributed by atoms with van der Waals surface area (Å²) in [5.41, 5.74) is 2.78. The molecule has 0 atom stereocenters. The van der Waals surface area contributed by atoms with E-state index in [1.165, 1.54) is 0 Å². The van der Waals surface area contributed by atoms with Crippen LogP contribution in [-0.2, 0) is 15.0 Å². The monoisotopic (exact) mass is 412 g/mol. The molecule has 30 heavy (non-hydrogen) atoms. The number of aryl methyl sites for hydroxylation is 1. The lowest BCUT2D eigenvalue weighted by Crippen LogP contribution is -2.38. The minimum atomic E-state index is -0.204. The van der Waals surface area contributed by atoms with Crippen LogP contribution in [0.25, 0.3) is 5.69 Å². The second kappa shape index (κ2) is 10.4. The first-order valence-electron chi connectivity index (χ1n) is 10.9. The molecule has 0 spiro atoms. The number of benzene rings is 1. The maximum Gasteiger partial charge on any atom is 0.245 e. The van der Waals surface area contributed by atoms with E-state index in [9.17, 15) is 9.59 Å². The Bertz CT molecular complexity index is 847. The van der Waals surface area contributed by atoms with Crippen molar-refractivity contribution < 1.29 is 9.59 Å². The van der Waals surface area contributed by atoms with Crippen LogP contribution in [0.5, 0.6) is 0 Å². The van der Waals surface area contributed by atoms with Gasteiger partial charge >= 0.3 is 0 Å². The van der Waals surface area contributed by atoms with Gasteiger partial charge in [-0.2, -0.15) is 5.10 Å². The fraction of sp³-hybridized carbons (Fsp3) is 0.542. The first kappa shape index (κ1) is 23.6. The maximum atomic E-state index is 12.8. The molecule has 6 nitrogen and oxygen atoms in total. The fourth-order valence-electron chi connectivity index (χ4n) is 3.09. The van der Waals surface area contributed by atoms with Gasteiger partial charge in [-0.1, -0.05) is 58.7 Å². The normalized spacial score (nSPS) is 11.4. The van der Waals surface area contributed by atoms with Crippen molar-refractivity contribution in [1.82, 2.24) is 14.7 Å². The molecule has 1 N–H and O–H groups in total. The Morgan fingerprint density at radius 2 is 1.77 bits per heavy atom. The van der Waals surface area contributed by atoms with Crippen molar-refractivity contribution in [3.63, 3.8) is 0 Å². The lowest BCUT2D eigenvalue weighted by molar-refractivity contribution is -0.134. The number of rotatable bonds is 9. The van der Waals surface area contributed by atoms with Crippen molar-refractivity contribution in [2.45, 2.75) is 72.6 Å². The smallest absolute Gasteiger partial charge is 0.245 e. The molecule has 2 aromatic rings. The number of hydrogen-bond donors (Lipinski definition) is 1. The summed E-state index contributed by atoms with van der Waals surface area (Å²) in [4.78, 5) is 26.9. The molecule has 164 valence electrons. The summed E-state index contributed by atoms with van der Waals surface area (Å²) >= 11 is 0. The molecule has 0 aliphatic heterocycles. The van der Waals surface area contributed by atoms with E-state index < -0.39 is 0 Å². The van der Waals surface area contributed by atoms with Crippen molar-refractivity contribution >= 4 is 17.6 Å². The van der Waals surface area contributed by atoms with Crippen molar-refractivity contribution in [3.05, 3.63) is 41.6 Å². The second-order valence-corrected chi connectivity index (χ2v) is 8.88. The molecule has 1 aromatic heterocycles. The van der Waals surface area contributed by atoms with E-state index in [2.05, 4.69) is 33.0 Å². The second-order valence-electron chi connectivity index (χ2n) is 8.88. The number of anilines is 1. The molecule has 0 bridgehead atoms. The van der Waals surface area contributed by atoms with Crippen molar-refractivity contribution in [3.8, 4) is 5.69 Å². The van der Waals surface area contributed by atoms with Gasteiger partial charge in [-0.15, -0.1) is 0 Å². The first-order valence-corrected chi connectivity index (χ1v) is 10.9. The quantitative estimate of drug-likeness (QED) is 0.640. The third kappa shape index (κ3) is 6.44. The summed E-state index contributed by atoms with van der Waals surface area (Å²) in [6.07, 6.45) is 3.11. The van der Waals surface area contributed by atoms with E-state index in [1.807, 2.05) is 44.2 Å². The minimum Gasteiger partial charge on any atom is -0.333 e. The summed E-state index contributed by atoms with van der Waals surface area (Å²) in [6.45, 7) is 13.0. The summed E-state index contributed by atoms with van der Waals surface area (Å²) < 4.78 is 1.77. The lowest BCUT2D eigenvalue weighted by atomic mass is 9.92. The SMILES string of the molecule is CCCCN(CC(=O)Nc1cc(C(C)(C)C)nn1-c1ccc(C)cc1)C(=O)CCC. The van der Waals surface area contributed by atoms with Crippen LogP contribution in [0.2, 0.25) is 0 Å². The highest BCUT2D eigenvalue weighted by Crippen LogP contribution is 2.26. The molecule has 2 amide bonds. The number of aromatic nitrogens is 2. The van der Waals surface area contributed by atoms with Crippen LogP contribution in [0.1, 0.15) is 71.6 Å². The Kier molecular flexibility index (Phi) is 8.21. The highest BCUT2D eigenvalue weighted by Gasteiger charge is 2.22. The third-order valence-electron chi connectivity index (χ3n) is 4.96. The van der Waals surface area contributed by atoms with Gasteiger partial charge in [-0.3, -0.25) is 9.59 Å². The molecule has 0 radical (unpaired) electrons. The summed E-state index contributed by atoms with van der Waals surface area (Å²) in [5, 5.41) is 7.74. The van der Waals surface area contributed by atoms with Crippen LogP contribution in [0.3, 0.4) is 0 Å². The molecule has 0 aliphatic rings. The Morgan fingerprint density at radius 1 is 1.10 bits per heavy atom. The highest BCUT2D eigenvalue weighted by molar-refractivity contribution is 5.94. The lowest BCUT2D eigenvalue weighted by Gasteiger charge is -2.22. The summed E-state index contributed by atoms with van der Waals surface area (Å²) in [6, 6.07) is 9.94. The molecule has 1 aromatic carbocycles. The Hall–Kier alpha value is -2.63. The van der Waals surface area contributed by atoms with Gasteiger partial charge in [0.15, 0.2) is 0 Å². The Labute approximate surface area is 180 Å². The average molecular weight is 413 g/mol. The first-order chi connectivity index (χ1) is 14.2. The van der Waals surface area contributed by atoms with E-state index in [1.54, 1.807) is 9.58 Å². The van der Waals surface area contributed by atoms with Gasteiger partial charge in [-0.25, -0.2) is 4.68 Å². The number of amides is 2. The van der Waals surface area contributed by atoms with E-state index >= 15 is 0 Å². The third-order valence-corrected chi connectivity index (χ3v) is 4.96.